The van der Waals surface area contributed by atoms with E-state index in [1.54, 1.807) is 18.3 Å². The van der Waals surface area contributed by atoms with Crippen molar-refractivity contribution in [2.45, 2.75) is 184 Å². The van der Waals surface area contributed by atoms with Gasteiger partial charge in [0.25, 0.3) is 0 Å². The van der Waals surface area contributed by atoms with Crippen LogP contribution in [0, 0.1) is 62.6 Å². The van der Waals surface area contributed by atoms with Gasteiger partial charge in [0.2, 0.25) is 11.6 Å². The Morgan fingerprint density at radius 1 is 0.714 bits per heavy atom. The molecule has 0 aromatic carbocycles. The van der Waals surface area contributed by atoms with Crippen LogP contribution >= 0.6 is 39.5 Å². The maximum absolute atomic E-state index is 13.9. The number of anilines is 1. The predicted octanol–water partition coefficient (Wildman–Crippen LogP) is 5.41. The minimum Gasteiger partial charge on any atom is -0.397 e. The number of likely N-dealkylation sites (tertiary alicyclic amines) is 1. The van der Waals surface area contributed by atoms with E-state index < -0.39 is 97.3 Å². The van der Waals surface area contributed by atoms with E-state index in [0.29, 0.717) is 42.8 Å². The highest BCUT2D eigenvalue weighted by Crippen LogP contribution is 2.78. The number of Topliss-reactive ketones (excluding diaryl/α,β-unsaturated/α-hetero) is 3. The van der Waals surface area contributed by atoms with Crippen LogP contribution in [0.1, 0.15) is 142 Å². The SMILES string of the molecule is C=C1C(=O)[C@]23[C@H](O)[C@H]1CC[C@H]2[C@@]12CO[C@@]3(O)[C@@H](O)[C@@H]1C(C)(C)CC(Br)C2=O.C=C1C(=O)[C@]23[C@H](O)[C@H]1CC[C@H]2[C@@]12CO[C@@]3(O)[C@@H](O)[C@@H]1C(C)(C)Cc1sc(N3CCCCCCC3)nc12.CCO.NC(=S)N1CCCCCCC1. The van der Waals surface area contributed by atoms with Crippen molar-refractivity contribution in [3.63, 3.8) is 0 Å². The van der Waals surface area contributed by atoms with Gasteiger partial charge in [0.15, 0.2) is 27.6 Å². The fraction of sp³-hybridized carbons (Fsp3) is 0.810. The number of rotatable bonds is 1. The number of nitrogens with zero attached hydrogens (tertiary/aromatic N) is 3. The number of carbonyl (C=O) groups is 3. The first-order valence-electron chi connectivity index (χ1n) is 28.8. The molecule has 0 amide bonds. The third kappa shape index (κ3) is 7.72. The van der Waals surface area contributed by atoms with Gasteiger partial charge in [-0.25, -0.2) is 4.98 Å². The second-order valence-corrected chi connectivity index (χ2v) is 28.9. The molecule has 8 bridgehead atoms. The molecule has 7 heterocycles. The highest BCUT2D eigenvalue weighted by atomic mass is 79.9. The standard InChI is InChI=1S/C28H38N2O5S.C20H25BrO6.C8H16N2S.C2H6O/c1-15-16-9-10-18-26-14-35-28(34,27(18,21(15)31)22(16)32)23(33)19(26)25(2,3)13-17-20(26)29-24(36-17)30-11-7-5-4-6-8-12-30;1-8-9-4-5-11-18-7-27-20(26,19(11,13(8)22)14(9)23)16(25)12(18)17(2,3)6-10(21)15(18)24;9-8(11)10-6-4-2-1-3-5-7-10;1-2-3/h16,18-19,22-23,32-34H,1,4-14H2,2-3H3;9-12,14,16,23,25-26H,1,4-7H2,2-3H3;1-7H2,(H2,9,11);3H,2H2,1H3/t16-,18-,19+,22+,23-,26-,27-,28-;9-,10?,11-,12+,14+,16-,18-,19-,20-;;/m00../s1. The number of aliphatic hydroxyl groups is 7. The van der Waals surface area contributed by atoms with Gasteiger partial charge in [-0.15, -0.1) is 11.3 Å². The Labute approximate surface area is 471 Å². The fourth-order valence-electron chi connectivity index (χ4n) is 18.8. The van der Waals surface area contributed by atoms with Crippen molar-refractivity contribution in [2.24, 2.45) is 68.3 Å². The summed E-state index contributed by atoms with van der Waals surface area (Å²) >= 11 is 10.2. The number of nitrogens with two attached hydrogens (primary N) is 1. The summed E-state index contributed by atoms with van der Waals surface area (Å²) in [5.41, 5.74) is 1.13. The van der Waals surface area contributed by atoms with Gasteiger partial charge in [0, 0.05) is 66.7 Å². The number of fused-ring (bicyclic) bond motifs is 5. The van der Waals surface area contributed by atoms with Crippen molar-refractivity contribution < 1.29 is 59.6 Å². The minimum atomic E-state index is -2.21. The van der Waals surface area contributed by atoms with Crippen LogP contribution in [-0.2, 0) is 35.7 Å². The van der Waals surface area contributed by atoms with Crippen molar-refractivity contribution in [1.82, 2.24) is 9.88 Å². The number of ketones is 3. The van der Waals surface area contributed by atoms with E-state index in [2.05, 4.69) is 52.7 Å². The average molecular weight is 1170 g/mol. The van der Waals surface area contributed by atoms with Crippen LogP contribution in [0.3, 0.4) is 0 Å². The number of hydrogen-bond donors (Lipinski definition) is 8. The first-order chi connectivity index (χ1) is 36.3. The van der Waals surface area contributed by atoms with Crippen LogP contribution in [0.4, 0.5) is 5.13 Å². The first-order valence-corrected chi connectivity index (χ1v) is 30.9. The maximum atomic E-state index is 13.9. The van der Waals surface area contributed by atoms with E-state index in [0.717, 1.165) is 56.3 Å². The molecule has 19 heteroatoms. The number of hydrogen-bond acceptors (Lipinski definition) is 16. The van der Waals surface area contributed by atoms with Crippen molar-refractivity contribution in [2.75, 3.05) is 50.9 Å². The zero-order valence-corrected chi connectivity index (χ0v) is 49.0. The molecule has 15 rings (SSSR count). The Morgan fingerprint density at radius 3 is 1.62 bits per heavy atom. The van der Waals surface area contributed by atoms with Gasteiger partial charge in [0.1, 0.15) is 23.0 Å². The monoisotopic (exact) mass is 1170 g/mol. The summed E-state index contributed by atoms with van der Waals surface area (Å²) in [5.74, 6) is -7.91. The summed E-state index contributed by atoms with van der Waals surface area (Å²) in [5, 5.41) is 78.9. The Hall–Kier alpha value is -2.27. The van der Waals surface area contributed by atoms with Crippen molar-refractivity contribution >= 4 is 67.1 Å². The van der Waals surface area contributed by atoms with E-state index >= 15 is 0 Å². The van der Waals surface area contributed by atoms with Crippen LogP contribution in [0.25, 0.3) is 0 Å². The van der Waals surface area contributed by atoms with E-state index in [1.165, 1.54) is 56.2 Å². The topological polar surface area (TPSA) is 257 Å². The van der Waals surface area contributed by atoms with Crippen molar-refractivity contribution in [3.05, 3.63) is 34.9 Å². The molecule has 428 valence electrons. The molecule has 0 radical (unpaired) electrons. The van der Waals surface area contributed by atoms with Crippen LogP contribution < -0.4 is 10.6 Å². The van der Waals surface area contributed by atoms with Gasteiger partial charge in [-0.05, 0) is 117 Å². The predicted molar refractivity (Wildman–Crippen MR) is 298 cm³/mol. The number of halogens is 1. The lowest BCUT2D eigenvalue weighted by Crippen LogP contribution is -2.85. The lowest BCUT2D eigenvalue weighted by atomic mass is 9.36. The van der Waals surface area contributed by atoms with E-state index in [9.17, 15) is 45.0 Å². The molecular formula is C58H85BrN4O12S2. The molecule has 14 aliphatic rings. The minimum absolute atomic E-state index is 0.0425. The number of thiazole rings is 1. The number of carbonyl (C=O) groups excluding carboxylic acids is 3. The van der Waals surface area contributed by atoms with Crippen LogP contribution in [0.5, 0.6) is 0 Å². The van der Waals surface area contributed by atoms with E-state index in [4.69, 9.17) is 37.5 Å². The highest BCUT2D eigenvalue weighted by Gasteiger charge is 2.89. The molecule has 7 saturated carbocycles. The Kier molecular flexibility index (Phi) is 15.2. The molecule has 6 saturated heterocycles. The fourth-order valence-corrected chi connectivity index (χ4v) is 21.7. The summed E-state index contributed by atoms with van der Waals surface area (Å²) in [6.45, 7) is 22.4. The summed E-state index contributed by atoms with van der Waals surface area (Å²) < 4.78 is 12.0. The molecule has 16 nitrogen and oxygen atoms in total. The molecule has 9 N–H and O–H groups in total. The van der Waals surface area contributed by atoms with E-state index in [-0.39, 0.29) is 54.2 Å². The summed E-state index contributed by atoms with van der Waals surface area (Å²) in [4.78, 5) is 51.5. The molecule has 1 aromatic heterocycles. The van der Waals surface area contributed by atoms with Gasteiger partial charge < -0.3 is 60.8 Å². The summed E-state index contributed by atoms with van der Waals surface area (Å²) in [7, 11) is 0. The molecule has 8 aliphatic carbocycles. The number of ether oxygens (including phenoxy) is 2. The van der Waals surface area contributed by atoms with Crippen molar-refractivity contribution in [1.29, 1.82) is 0 Å². The summed E-state index contributed by atoms with van der Waals surface area (Å²) in [6.07, 6.45) is 11.3. The quantitative estimate of drug-likeness (QED) is 0.0994. The third-order valence-corrected chi connectivity index (χ3v) is 23.9. The molecule has 13 fully saturated rings. The smallest absolute Gasteiger partial charge is 0.208 e. The van der Waals surface area contributed by atoms with E-state index in [1.807, 2.05) is 13.8 Å². The van der Waals surface area contributed by atoms with Crippen LogP contribution in [-0.4, -0.2) is 155 Å². The second kappa shape index (κ2) is 20.3. The number of aromatic nitrogens is 1. The highest BCUT2D eigenvalue weighted by molar-refractivity contribution is 9.10. The van der Waals surface area contributed by atoms with Crippen LogP contribution in [0.2, 0.25) is 0 Å². The lowest BCUT2D eigenvalue weighted by molar-refractivity contribution is -0.437. The zero-order chi connectivity index (χ0) is 55.8. The van der Waals surface area contributed by atoms with Gasteiger partial charge in [-0.3, -0.25) is 14.4 Å². The third-order valence-electron chi connectivity index (χ3n) is 21.8. The Bertz CT molecular complexity index is 2550. The molecule has 1 unspecified atom stereocenters. The maximum Gasteiger partial charge on any atom is 0.208 e. The molecule has 4 spiro atoms. The largest absolute Gasteiger partial charge is 0.397 e. The number of alkyl halides is 1. The normalized spacial score (nSPS) is 45.6. The number of thiocarbonyl (C=S) groups is 1. The van der Waals surface area contributed by atoms with Gasteiger partial charge >= 0.3 is 0 Å². The average Bonchev–Trinajstić information content (AvgIpc) is 3.64. The zero-order valence-electron chi connectivity index (χ0n) is 45.8. The molecule has 17 atom stereocenters. The van der Waals surface area contributed by atoms with Gasteiger partial charge in [-0.2, -0.15) is 0 Å². The molecule has 77 heavy (non-hydrogen) atoms. The lowest BCUT2D eigenvalue weighted by Gasteiger charge is -2.73. The summed E-state index contributed by atoms with van der Waals surface area (Å²) in [6, 6.07) is 0. The number of aliphatic hydroxyl groups excluding tert-OH is 5. The Balaban J connectivity index is 0.000000144. The molecular weight excluding hydrogens is 1090 g/mol. The van der Waals surface area contributed by atoms with Gasteiger partial charge in [0.05, 0.1) is 41.4 Å². The van der Waals surface area contributed by atoms with Crippen LogP contribution in [0.15, 0.2) is 24.3 Å². The molecule has 1 aromatic rings. The molecule has 6 aliphatic heterocycles. The first kappa shape index (κ1) is 57.9. The second-order valence-electron chi connectivity index (χ2n) is 26.3. The Morgan fingerprint density at radius 2 is 1.14 bits per heavy atom. The van der Waals surface area contributed by atoms with Crippen molar-refractivity contribution in [3.8, 4) is 0 Å². The van der Waals surface area contributed by atoms with Gasteiger partial charge in [-0.1, -0.05) is 95.3 Å².